The maximum absolute atomic E-state index is 12.0. The minimum Gasteiger partial charge on any atom is -0.399 e. The minimum absolute atomic E-state index is 0.161. The lowest BCUT2D eigenvalue weighted by Crippen LogP contribution is -2.24. The topological polar surface area (TPSA) is 83.8 Å². The molecule has 1 heterocycles. The van der Waals surface area contributed by atoms with Crippen molar-refractivity contribution in [3.05, 3.63) is 28.6 Å². The van der Waals surface area contributed by atoms with Crippen molar-refractivity contribution in [2.24, 2.45) is 5.41 Å². The number of aromatic amines is 1. The molecular weight excluding hydrogens is 240 g/mol. The first-order valence-corrected chi connectivity index (χ1v) is 6.45. The summed E-state index contributed by atoms with van der Waals surface area (Å²) in [5.74, 6) is 0.504. The number of aromatic nitrogens is 2. The second kappa shape index (κ2) is 4.91. The van der Waals surface area contributed by atoms with Gasteiger partial charge in [-0.1, -0.05) is 20.8 Å². The van der Waals surface area contributed by atoms with Crippen LogP contribution < -0.4 is 16.6 Å². The van der Waals surface area contributed by atoms with Crippen LogP contribution in [0.2, 0.25) is 0 Å². The molecule has 0 aliphatic carbocycles. The van der Waals surface area contributed by atoms with Gasteiger partial charge < -0.3 is 11.1 Å². The van der Waals surface area contributed by atoms with Crippen molar-refractivity contribution < 1.29 is 0 Å². The van der Waals surface area contributed by atoms with Crippen molar-refractivity contribution >= 4 is 22.5 Å². The fraction of sp³-hybridized carbons (Fsp3) is 0.429. The number of hydrogen-bond acceptors (Lipinski definition) is 4. The average Bonchev–Trinajstić information content (AvgIpc) is 2.37. The van der Waals surface area contributed by atoms with Gasteiger partial charge in [-0.15, -0.1) is 0 Å². The van der Waals surface area contributed by atoms with E-state index in [1.165, 1.54) is 0 Å². The summed E-state index contributed by atoms with van der Waals surface area (Å²) in [7, 11) is 0. The van der Waals surface area contributed by atoms with Crippen LogP contribution in [-0.2, 0) is 0 Å². The van der Waals surface area contributed by atoms with Crippen LogP contribution in [0, 0.1) is 5.41 Å². The van der Waals surface area contributed by atoms with Crippen LogP contribution in [0.25, 0.3) is 10.9 Å². The van der Waals surface area contributed by atoms with Crippen LogP contribution in [-0.4, -0.2) is 16.5 Å². The average molecular weight is 260 g/mol. The Balaban J connectivity index is 2.31. The Kier molecular flexibility index (Phi) is 3.46. The molecule has 0 aliphatic rings. The van der Waals surface area contributed by atoms with Crippen LogP contribution in [0.3, 0.4) is 0 Å². The summed E-state index contributed by atoms with van der Waals surface area (Å²) in [6.45, 7) is 7.23. The van der Waals surface area contributed by atoms with E-state index >= 15 is 0 Å². The quantitative estimate of drug-likeness (QED) is 0.737. The zero-order valence-corrected chi connectivity index (χ0v) is 11.6. The van der Waals surface area contributed by atoms with Gasteiger partial charge in [-0.25, -0.2) is 4.98 Å². The van der Waals surface area contributed by atoms with E-state index in [0.717, 1.165) is 13.0 Å². The summed E-state index contributed by atoms with van der Waals surface area (Å²) < 4.78 is 0. The molecule has 1 aromatic carbocycles. The maximum Gasteiger partial charge on any atom is 0.260 e. The highest BCUT2D eigenvalue weighted by molar-refractivity contribution is 5.81. The molecule has 0 amide bonds. The molecule has 2 aromatic rings. The van der Waals surface area contributed by atoms with E-state index in [1.54, 1.807) is 18.2 Å². The van der Waals surface area contributed by atoms with Gasteiger partial charge in [-0.05, 0) is 30.0 Å². The lowest BCUT2D eigenvalue weighted by Gasteiger charge is -2.22. The van der Waals surface area contributed by atoms with E-state index < -0.39 is 0 Å². The summed E-state index contributed by atoms with van der Waals surface area (Å²) in [4.78, 5) is 19.1. The Morgan fingerprint density at radius 2 is 2.16 bits per heavy atom. The molecule has 0 atom stereocenters. The summed E-state index contributed by atoms with van der Waals surface area (Å²) in [5.41, 5.74) is 6.87. The Morgan fingerprint density at radius 1 is 1.42 bits per heavy atom. The number of rotatable bonds is 4. The van der Waals surface area contributed by atoms with Gasteiger partial charge in [0.05, 0.1) is 10.9 Å². The number of nitrogens with zero attached hydrogens (tertiary/aromatic N) is 1. The van der Waals surface area contributed by atoms with Crippen molar-refractivity contribution in [3.63, 3.8) is 0 Å². The minimum atomic E-state index is -0.172. The summed E-state index contributed by atoms with van der Waals surface area (Å²) in [6.07, 6.45) is 1.05. The SMILES string of the molecule is CCC(C)(C)CNc1nc2ccc(N)cc2c(=O)[nH]1. The van der Waals surface area contributed by atoms with Crippen molar-refractivity contribution in [2.45, 2.75) is 27.2 Å². The Bertz CT molecular complexity index is 645. The van der Waals surface area contributed by atoms with Gasteiger partial charge in [-0.2, -0.15) is 0 Å². The molecule has 5 heteroatoms. The van der Waals surface area contributed by atoms with E-state index in [-0.39, 0.29) is 11.0 Å². The third kappa shape index (κ3) is 3.05. The normalized spacial score (nSPS) is 11.7. The fourth-order valence-electron chi connectivity index (χ4n) is 1.69. The lowest BCUT2D eigenvalue weighted by molar-refractivity contribution is 0.376. The number of hydrogen-bond donors (Lipinski definition) is 3. The summed E-state index contributed by atoms with van der Waals surface area (Å²) >= 11 is 0. The summed E-state index contributed by atoms with van der Waals surface area (Å²) in [5, 5.41) is 3.70. The highest BCUT2D eigenvalue weighted by Crippen LogP contribution is 2.20. The molecule has 19 heavy (non-hydrogen) atoms. The molecule has 0 fully saturated rings. The Morgan fingerprint density at radius 3 is 2.84 bits per heavy atom. The van der Waals surface area contributed by atoms with Crippen molar-refractivity contribution in [1.82, 2.24) is 9.97 Å². The van der Waals surface area contributed by atoms with Gasteiger partial charge in [0.25, 0.3) is 5.56 Å². The van der Waals surface area contributed by atoms with E-state index in [0.29, 0.717) is 22.5 Å². The molecule has 0 saturated heterocycles. The van der Waals surface area contributed by atoms with Gasteiger partial charge >= 0.3 is 0 Å². The highest BCUT2D eigenvalue weighted by Gasteiger charge is 2.15. The van der Waals surface area contributed by atoms with Gasteiger partial charge in [0.1, 0.15) is 0 Å². The maximum atomic E-state index is 12.0. The molecule has 1 aromatic heterocycles. The van der Waals surface area contributed by atoms with Crippen LogP contribution in [0.4, 0.5) is 11.6 Å². The third-order valence-electron chi connectivity index (χ3n) is 3.42. The van der Waals surface area contributed by atoms with Gasteiger partial charge in [0.2, 0.25) is 5.95 Å². The predicted octanol–water partition coefficient (Wildman–Crippen LogP) is 2.35. The fourth-order valence-corrected chi connectivity index (χ4v) is 1.69. The number of H-pyrrole nitrogens is 1. The number of fused-ring (bicyclic) bond motifs is 1. The molecule has 5 nitrogen and oxygen atoms in total. The standard InChI is InChI=1S/C14H20N4O/c1-4-14(2,3)8-16-13-17-11-6-5-9(15)7-10(11)12(19)18-13/h5-7H,4,8,15H2,1-3H3,(H2,16,17,18,19). The smallest absolute Gasteiger partial charge is 0.260 e. The second-order valence-corrected chi connectivity index (χ2v) is 5.56. The second-order valence-electron chi connectivity index (χ2n) is 5.56. The number of benzene rings is 1. The van der Waals surface area contributed by atoms with Crippen molar-refractivity contribution in [3.8, 4) is 0 Å². The summed E-state index contributed by atoms with van der Waals surface area (Å²) in [6, 6.07) is 5.14. The lowest BCUT2D eigenvalue weighted by atomic mass is 9.90. The number of nitrogen functional groups attached to an aromatic ring is 1. The number of anilines is 2. The predicted molar refractivity (Wildman–Crippen MR) is 79.3 cm³/mol. The molecule has 2 rings (SSSR count). The molecule has 0 unspecified atom stereocenters. The van der Waals surface area contributed by atoms with Crippen LogP contribution in [0.5, 0.6) is 0 Å². The van der Waals surface area contributed by atoms with E-state index in [4.69, 9.17) is 5.73 Å². The third-order valence-corrected chi connectivity index (χ3v) is 3.42. The molecule has 0 bridgehead atoms. The van der Waals surface area contributed by atoms with E-state index in [2.05, 4.69) is 36.1 Å². The first-order chi connectivity index (χ1) is 8.91. The van der Waals surface area contributed by atoms with E-state index in [1.807, 2.05) is 0 Å². The molecular formula is C14H20N4O. The van der Waals surface area contributed by atoms with Gasteiger partial charge in [0, 0.05) is 12.2 Å². The molecule has 0 spiro atoms. The number of nitrogens with two attached hydrogens (primary N) is 1. The van der Waals surface area contributed by atoms with Crippen LogP contribution >= 0.6 is 0 Å². The van der Waals surface area contributed by atoms with Crippen molar-refractivity contribution in [2.75, 3.05) is 17.6 Å². The first-order valence-electron chi connectivity index (χ1n) is 6.45. The zero-order valence-electron chi connectivity index (χ0n) is 11.6. The Labute approximate surface area is 112 Å². The zero-order chi connectivity index (χ0) is 14.0. The largest absolute Gasteiger partial charge is 0.399 e. The molecule has 0 aliphatic heterocycles. The van der Waals surface area contributed by atoms with Crippen LogP contribution in [0.15, 0.2) is 23.0 Å². The molecule has 4 N–H and O–H groups in total. The van der Waals surface area contributed by atoms with Crippen LogP contribution in [0.1, 0.15) is 27.2 Å². The molecule has 0 radical (unpaired) electrons. The van der Waals surface area contributed by atoms with Crippen molar-refractivity contribution in [1.29, 1.82) is 0 Å². The molecule has 0 saturated carbocycles. The van der Waals surface area contributed by atoms with E-state index in [9.17, 15) is 4.79 Å². The number of nitrogens with one attached hydrogen (secondary N) is 2. The monoisotopic (exact) mass is 260 g/mol. The first kappa shape index (κ1) is 13.4. The van der Waals surface area contributed by atoms with Gasteiger partial charge in [-0.3, -0.25) is 9.78 Å². The van der Waals surface area contributed by atoms with Gasteiger partial charge in [0.15, 0.2) is 0 Å². The Hall–Kier alpha value is -2.04. The highest BCUT2D eigenvalue weighted by atomic mass is 16.1. The molecule has 102 valence electrons.